The molecule has 0 bridgehead atoms. The Hall–Kier alpha value is -0.890. The molecule has 1 heterocycles. The highest BCUT2D eigenvalue weighted by Gasteiger charge is 2.34. The molecule has 8 heteroatoms. The summed E-state index contributed by atoms with van der Waals surface area (Å²) in [5.41, 5.74) is 4.00. The average molecular weight is 672 g/mol. The quantitative estimate of drug-likeness (QED) is 0.306. The lowest BCUT2D eigenvalue weighted by atomic mass is 10.1. The molecule has 0 unspecified atom stereocenters. The predicted molar refractivity (Wildman–Crippen MR) is 121 cm³/mol. The third-order valence-corrected chi connectivity index (χ3v) is 5.66. The first-order valence-corrected chi connectivity index (χ1v) is 10.3. The SMILES string of the molecule is COc1c(I)cc(I)cc1/C=C1\C(=O)NN(c2ccc(I)cc2)C1=O. The maximum Gasteiger partial charge on any atom is 0.282 e. The van der Waals surface area contributed by atoms with Crippen LogP contribution in [0.2, 0.25) is 0 Å². The zero-order chi connectivity index (χ0) is 18.1. The Kier molecular flexibility index (Phi) is 5.88. The predicted octanol–water partition coefficient (Wildman–Crippen LogP) is 3.97. The molecule has 0 aromatic heterocycles. The van der Waals surface area contributed by atoms with E-state index in [9.17, 15) is 9.59 Å². The number of hydrogen-bond donors (Lipinski definition) is 1. The van der Waals surface area contributed by atoms with Crippen molar-refractivity contribution >= 4 is 91.4 Å². The van der Waals surface area contributed by atoms with Crippen LogP contribution in [-0.2, 0) is 9.59 Å². The third-order valence-electron chi connectivity index (χ3n) is 3.52. The summed E-state index contributed by atoms with van der Waals surface area (Å²) in [6.07, 6.45) is 1.58. The molecular formula is C17H11I3N2O3. The molecule has 0 saturated carbocycles. The van der Waals surface area contributed by atoms with Gasteiger partial charge in [0.25, 0.3) is 11.8 Å². The summed E-state index contributed by atoms with van der Waals surface area (Å²) in [7, 11) is 1.57. The summed E-state index contributed by atoms with van der Waals surface area (Å²) < 4.78 is 8.38. The molecule has 0 atom stereocenters. The van der Waals surface area contributed by atoms with Gasteiger partial charge < -0.3 is 4.74 Å². The van der Waals surface area contributed by atoms with Crippen molar-refractivity contribution in [3.8, 4) is 5.75 Å². The van der Waals surface area contributed by atoms with Crippen LogP contribution >= 0.6 is 67.8 Å². The van der Waals surface area contributed by atoms with Gasteiger partial charge in [0.05, 0.1) is 16.4 Å². The Morgan fingerprint density at radius 1 is 1.04 bits per heavy atom. The van der Waals surface area contributed by atoms with Crippen LogP contribution in [0, 0.1) is 10.7 Å². The zero-order valence-corrected chi connectivity index (χ0v) is 19.3. The summed E-state index contributed by atoms with van der Waals surface area (Å²) in [6, 6.07) is 11.2. The van der Waals surface area contributed by atoms with Gasteiger partial charge in [-0.3, -0.25) is 15.0 Å². The lowest BCUT2D eigenvalue weighted by Crippen LogP contribution is -2.35. The first-order valence-electron chi connectivity index (χ1n) is 7.06. The molecule has 1 fully saturated rings. The lowest BCUT2D eigenvalue weighted by Gasteiger charge is -2.14. The Morgan fingerprint density at radius 2 is 1.72 bits per heavy atom. The molecule has 2 amide bonds. The molecule has 2 aromatic rings. The van der Waals surface area contributed by atoms with E-state index in [2.05, 4.69) is 73.2 Å². The number of hydrogen-bond acceptors (Lipinski definition) is 3. The number of benzene rings is 2. The topological polar surface area (TPSA) is 58.6 Å². The minimum Gasteiger partial charge on any atom is -0.495 e. The van der Waals surface area contributed by atoms with Gasteiger partial charge in [-0.2, -0.15) is 0 Å². The van der Waals surface area contributed by atoms with Crippen molar-refractivity contribution in [3.63, 3.8) is 0 Å². The highest BCUT2D eigenvalue weighted by molar-refractivity contribution is 14.1. The molecule has 128 valence electrons. The molecule has 5 nitrogen and oxygen atoms in total. The molecule has 0 aliphatic carbocycles. The van der Waals surface area contributed by atoms with Crippen molar-refractivity contribution < 1.29 is 14.3 Å². The molecule has 2 aromatic carbocycles. The normalized spacial score (nSPS) is 15.7. The van der Waals surface area contributed by atoms with Gasteiger partial charge in [0, 0.05) is 12.7 Å². The Labute approximate surface area is 185 Å². The molecule has 1 aliphatic rings. The molecular weight excluding hydrogens is 661 g/mol. The number of carbonyl (C=O) groups excluding carboxylic acids is 2. The van der Waals surface area contributed by atoms with Crippen molar-refractivity contribution in [2.75, 3.05) is 12.1 Å². The first-order chi connectivity index (χ1) is 11.9. The minimum absolute atomic E-state index is 0.0784. The van der Waals surface area contributed by atoms with E-state index in [4.69, 9.17) is 4.74 Å². The molecule has 0 radical (unpaired) electrons. The van der Waals surface area contributed by atoms with Gasteiger partial charge in [0.15, 0.2) is 0 Å². The van der Waals surface area contributed by atoms with Crippen LogP contribution in [0.15, 0.2) is 42.0 Å². The largest absolute Gasteiger partial charge is 0.495 e. The first kappa shape index (κ1) is 18.9. The van der Waals surface area contributed by atoms with Crippen molar-refractivity contribution in [1.82, 2.24) is 5.43 Å². The molecule has 1 saturated heterocycles. The highest BCUT2D eigenvalue weighted by atomic mass is 127. The number of hydrazine groups is 1. The van der Waals surface area contributed by atoms with Gasteiger partial charge in [-0.05, 0) is 110 Å². The summed E-state index contributed by atoms with van der Waals surface area (Å²) in [4.78, 5) is 25.0. The van der Waals surface area contributed by atoms with Gasteiger partial charge >= 0.3 is 0 Å². The number of nitrogens with zero attached hydrogens (tertiary/aromatic N) is 1. The van der Waals surface area contributed by atoms with E-state index in [-0.39, 0.29) is 11.5 Å². The third kappa shape index (κ3) is 3.94. The maximum absolute atomic E-state index is 12.7. The lowest BCUT2D eigenvalue weighted by molar-refractivity contribution is -0.117. The van der Waals surface area contributed by atoms with Crippen molar-refractivity contribution in [1.29, 1.82) is 0 Å². The second kappa shape index (κ2) is 7.78. The summed E-state index contributed by atoms with van der Waals surface area (Å²) in [5, 5.41) is 1.26. The van der Waals surface area contributed by atoms with E-state index in [1.807, 2.05) is 24.3 Å². The second-order valence-electron chi connectivity index (χ2n) is 5.13. The Morgan fingerprint density at radius 3 is 2.36 bits per heavy atom. The summed E-state index contributed by atoms with van der Waals surface area (Å²) >= 11 is 6.55. The van der Waals surface area contributed by atoms with Crippen molar-refractivity contribution in [2.45, 2.75) is 0 Å². The standard InChI is InChI=1S/C17H11I3N2O3/c1-25-15-9(6-11(19)8-14(15)20)7-13-16(23)21-22(17(13)24)12-4-2-10(18)3-5-12/h2-8H,1H3,(H,21,23)/b13-7+. The van der Waals surface area contributed by atoms with Crippen molar-refractivity contribution in [2.24, 2.45) is 0 Å². The number of anilines is 1. The smallest absolute Gasteiger partial charge is 0.282 e. The maximum atomic E-state index is 12.7. The number of halogens is 3. The van der Waals surface area contributed by atoms with E-state index in [0.29, 0.717) is 17.0 Å². The van der Waals surface area contributed by atoms with Crippen LogP contribution in [-0.4, -0.2) is 18.9 Å². The molecule has 1 aliphatic heterocycles. The monoisotopic (exact) mass is 672 g/mol. The Bertz CT molecular complexity index is 895. The average Bonchev–Trinajstić information content (AvgIpc) is 2.83. The zero-order valence-electron chi connectivity index (χ0n) is 12.8. The fourth-order valence-electron chi connectivity index (χ4n) is 2.39. The van der Waals surface area contributed by atoms with E-state index < -0.39 is 5.91 Å². The second-order valence-corrected chi connectivity index (χ2v) is 8.78. The highest BCUT2D eigenvalue weighted by Crippen LogP contribution is 2.31. The summed E-state index contributed by atoms with van der Waals surface area (Å²) in [5.74, 6) is -0.177. The van der Waals surface area contributed by atoms with E-state index >= 15 is 0 Å². The van der Waals surface area contributed by atoms with Crippen LogP contribution in [0.4, 0.5) is 5.69 Å². The number of carbonyl (C=O) groups is 2. The molecule has 3 rings (SSSR count). The van der Waals surface area contributed by atoms with Crippen LogP contribution in [0.5, 0.6) is 5.75 Å². The number of nitrogens with one attached hydrogen (secondary N) is 1. The van der Waals surface area contributed by atoms with Gasteiger partial charge in [-0.25, -0.2) is 5.01 Å². The van der Waals surface area contributed by atoms with Crippen LogP contribution in [0.1, 0.15) is 5.56 Å². The number of rotatable bonds is 3. The molecule has 1 N–H and O–H groups in total. The van der Waals surface area contributed by atoms with Crippen LogP contribution in [0.25, 0.3) is 6.08 Å². The fourth-order valence-corrected chi connectivity index (χ4v) is 4.86. The molecule has 0 spiro atoms. The van der Waals surface area contributed by atoms with Crippen molar-refractivity contribution in [3.05, 3.63) is 58.2 Å². The number of amides is 2. The van der Waals surface area contributed by atoms with E-state index in [1.54, 1.807) is 25.3 Å². The number of methoxy groups -OCH3 is 1. The fraction of sp³-hybridized carbons (Fsp3) is 0.0588. The van der Waals surface area contributed by atoms with Crippen LogP contribution in [0.3, 0.4) is 0 Å². The van der Waals surface area contributed by atoms with Gasteiger partial charge in [0.1, 0.15) is 11.3 Å². The molecule has 25 heavy (non-hydrogen) atoms. The Balaban J connectivity index is 2.01. The van der Waals surface area contributed by atoms with Crippen LogP contribution < -0.4 is 15.2 Å². The van der Waals surface area contributed by atoms with Gasteiger partial charge in [-0.15, -0.1) is 0 Å². The van der Waals surface area contributed by atoms with Gasteiger partial charge in [0.2, 0.25) is 0 Å². The van der Waals surface area contributed by atoms with Gasteiger partial charge in [-0.1, -0.05) is 0 Å². The van der Waals surface area contributed by atoms with E-state index in [0.717, 1.165) is 10.7 Å². The number of ether oxygens (including phenoxy) is 1. The van der Waals surface area contributed by atoms with E-state index in [1.165, 1.54) is 5.01 Å². The minimum atomic E-state index is -0.431. The summed E-state index contributed by atoms with van der Waals surface area (Å²) in [6.45, 7) is 0.